The largest absolute Gasteiger partial charge is 0.477 e. The summed E-state index contributed by atoms with van der Waals surface area (Å²) >= 11 is 0. The highest BCUT2D eigenvalue weighted by Gasteiger charge is 2.25. The van der Waals surface area contributed by atoms with Crippen LogP contribution in [0.5, 0.6) is 0 Å². The van der Waals surface area contributed by atoms with Gasteiger partial charge in [0.05, 0.1) is 18.0 Å². The number of fused-ring (bicyclic) bond motifs is 1. The fourth-order valence-electron chi connectivity index (χ4n) is 5.09. The molecule has 37 heavy (non-hydrogen) atoms. The number of nitrogens with one attached hydrogen (secondary N) is 2. The van der Waals surface area contributed by atoms with E-state index in [1.54, 1.807) is 12.3 Å². The molecule has 3 aromatic heterocycles. The van der Waals surface area contributed by atoms with E-state index in [4.69, 9.17) is 0 Å². The third-order valence-corrected chi connectivity index (χ3v) is 6.73. The van der Waals surface area contributed by atoms with Crippen molar-refractivity contribution in [3.05, 3.63) is 36.3 Å². The minimum absolute atomic E-state index is 0.157. The number of carbonyl (C=O) groups is 1. The number of pyridine rings is 1. The highest BCUT2D eigenvalue weighted by atomic mass is 16.4. The first-order valence-corrected chi connectivity index (χ1v) is 13.0. The van der Waals surface area contributed by atoms with Gasteiger partial charge >= 0.3 is 5.97 Å². The molecule has 1 aliphatic carbocycles. The molecule has 1 aliphatic heterocycles. The third-order valence-electron chi connectivity index (χ3n) is 6.73. The molecule has 5 rings (SSSR count). The van der Waals surface area contributed by atoms with Gasteiger partial charge in [0.15, 0.2) is 0 Å². The lowest BCUT2D eigenvalue weighted by atomic mass is 10.2. The molecule has 0 spiro atoms. The van der Waals surface area contributed by atoms with Crippen LogP contribution in [0.1, 0.15) is 49.1 Å². The molecule has 3 aromatic rings. The molecule has 1 saturated heterocycles. The number of carboxylic acid groups (broad SMARTS) is 1. The second-order valence-corrected chi connectivity index (χ2v) is 9.78. The van der Waals surface area contributed by atoms with Crippen LogP contribution >= 0.6 is 0 Å². The predicted octanol–water partition coefficient (Wildman–Crippen LogP) is 2.72. The topological polar surface area (TPSA) is 132 Å². The molecule has 1 saturated carbocycles. The first kappa shape index (κ1) is 26.8. The summed E-state index contributed by atoms with van der Waals surface area (Å²) in [5.74, 6) is 0.0883. The number of piperazine rings is 1. The van der Waals surface area contributed by atoms with Crippen molar-refractivity contribution in [1.29, 1.82) is 0 Å². The Morgan fingerprint density at radius 2 is 1.81 bits per heavy atom. The van der Waals surface area contributed by atoms with E-state index in [2.05, 4.69) is 35.4 Å². The van der Waals surface area contributed by atoms with Crippen LogP contribution in [0.4, 0.5) is 17.5 Å². The Hall–Kier alpha value is -3.28. The van der Waals surface area contributed by atoms with Gasteiger partial charge in [-0.1, -0.05) is 12.8 Å². The molecule has 2 fully saturated rings. The number of hydrogen-bond acceptors (Lipinski definition) is 9. The Balaban J connectivity index is 0.00000102. The molecule has 4 heterocycles. The van der Waals surface area contributed by atoms with E-state index in [1.807, 2.05) is 43.9 Å². The first-order chi connectivity index (χ1) is 17.9. The van der Waals surface area contributed by atoms with Crippen molar-refractivity contribution < 1.29 is 15.0 Å². The number of nitrogens with zero attached hydrogens (tertiary/aromatic N) is 6. The molecule has 0 radical (unpaired) electrons. The van der Waals surface area contributed by atoms with Crippen molar-refractivity contribution in [2.24, 2.45) is 0 Å². The number of aliphatic hydroxyl groups is 1. The van der Waals surface area contributed by atoms with Crippen LogP contribution < -0.4 is 15.5 Å². The van der Waals surface area contributed by atoms with Crippen molar-refractivity contribution in [3.8, 4) is 0 Å². The Kier molecular flexibility index (Phi) is 8.91. The van der Waals surface area contributed by atoms with Crippen molar-refractivity contribution in [2.45, 2.75) is 44.8 Å². The third kappa shape index (κ3) is 6.54. The van der Waals surface area contributed by atoms with E-state index < -0.39 is 5.97 Å². The number of rotatable bonds is 7. The summed E-state index contributed by atoms with van der Waals surface area (Å²) in [4.78, 5) is 30.0. The molecule has 11 nitrogen and oxygen atoms in total. The Labute approximate surface area is 217 Å². The normalized spacial score (nSPS) is 17.5. The molecule has 0 unspecified atom stereocenters. The maximum Gasteiger partial charge on any atom is 0.352 e. The zero-order valence-corrected chi connectivity index (χ0v) is 21.9. The molecular weight excluding hydrogens is 472 g/mol. The average molecular weight is 511 g/mol. The quantitative estimate of drug-likeness (QED) is 0.376. The van der Waals surface area contributed by atoms with Gasteiger partial charge < -0.3 is 30.3 Å². The Morgan fingerprint density at radius 1 is 1.11 bits per heavy atom. The van der Waals surface area contributed by atoms with Crippen LogP contribution in [-0.2, 0) is 0 Å². The van der Waals surface area contributed by atoms with E-state index in [-0.39, 0.29) is 17.8 Å². The van der Waals surface area contributed by atoms with Gasteiger partial charge in [0.1, 0.15) is 17.2 Å². The Bertz CT molecular complexity index is 1170. The summed E-state index contributed by atoms with van der Waals surface area (Å²) in [6, 6.07) is 5.75. The van der Waals surface area contributed by atoms with Crippen molar-refractivity contribution in [3.63, 3.8) is 0 Å². The number of anilines is 3. The van der Waals surface area contributed by atoms with Crippen LogP contribution in [0.15, 0.2) is 30.6 Å². The minimum Gasteiger partial charge on any atom is -0.477 e. The van der Waals surface area contributed by atoms with Crippen LogP contribution in [0.25, 0.3) is 11.0 Å². The summed E-state index contributed by atoms with van der Waals surface area (Å²) in [7, 11) is 3.75. The molecule has 0 aromatic carbocycles. The second-order valence-electron chi connectivity index (χ2n) is 9.78. The number of aromatic carboxylic acids is 1. The Morgan fingerprint density at radius 3 is 2.41 bits per heavy atom. The van der Waals surface area contributed by atoms with E-state index in [0.29, 0.717) is 24.0 Å². The molecule has 4 N–H and O–H groups in total. The van der Waals surface area contributed by atoms with Crippen LogP contribution in [0.2, 0.25) is 0 Å². The van der Waals surface area contributed by atoms with Gasteiger partial charge in [-0.15, -0.1) is 0 Å². The predicted molar refractivity (Wildman–Crippen MR) is 145 cm³/mol. The van der Waals surface area contributed by atoms with E-state index in [0.717, 1.165) is 62.9 Å². The van der Waals surface area contributed by atoms with Crippen LogP contribution in [-0.4, -0.2) is 93.5 Å². The molecular formula is C26H38N8O3. The monoisotopic (exact) mass is 510 g/mol. The van der Waals surface area contributed by atoms with Crippen molar-refractivity contribution >= 4 is 34.5 Å². The fraction of sp³-hybridized carbons (Fsp3) is 0.538. The van der Waals surface area contributed by atoms with Gasteiger partial charge in [-0.25, -0.2) is 14.8 Å². The average Bonchev–Trinajstić information content (AvgIpc) is 3.53. The molecule has 0 bridgehead atoms. The molecule has 2 aliphatic rings. The van der Waals surface area contributed by atoms with Gasteiger partial charge in [-0.3, -0.25) is 4.90 Å². The first-order valence-electron chi connectivity index (χ1n) is 13.0. The molecule has 0 amide bonds. The zero-order chi connectivity index (χ0) is 26.4. The number of aromatic nitrogens is 4. The summed E-state index contributed by atoms with van der Waals surface area (Å²) in [6.45, 7) is 6.14. The maximum atomic E-state index is 11.8. The molecule has 11 heteroatoms. The summed E-state index contributed by atoms with van der Waals surface area (Å²) in [5, 5.41) is 25.9. The number of aliphatic hydroxyl groups excluding tert-OH is 1. The molecule has 200 valence electrons. The summed E-state index contributed by atoms with van der Waals surface area (Å²) in [6.07, 6.45) is 7.34. The maximum absolute atomic E-state index is 11.8. The fourth-order valence-corrected chi connectivity index (χ4v) is 5.09. The number of carboxylic acids is 1. The standard InChI is InChI=1S/C24H31N7O3.C2H7N/c1-16(32)15-29-8-10-30(11-9-29)19-6-7-21(25-14-19)27-24-26-13-17-12-20(23(33)34)31(22(17)28-24)18-4-2-3-5-18;1-3-2/h6-7,12-14,16,18,32H,2-5,8-11,15H2,1H3,(H,33,34)(H,25,26,27,28);3H,1-2H3/t16-;/m0./s1. The van der Waals surface area contributed by atoms with Crippen LogP contribution in [0, 0.1) is 0 Å². The van der Waals surface area contributed by atoms with Gasteiger partial charge in [0.2, 0.25) is 5.95 Å². The lowest BCUT2D eigenvalue weighted by molar-refractivity contribution is 0.0683. The lowest BCUT2D eigenvalue weighted by Crippen LogP contribution is -2.48. The molecule has 1 atom stereocenters. The van der Waals surface area contributed by atoms with Crippen molar-refractivity contribution in [2.75, 3.05) is 57.0 Å². The number of β-amino-alcohol motifs (C(OH)–C–C–N with tert-alkyl or cyclic N) is 1. The highest BCUT2D eigenvalue weighted by Crippen LogP contribution is 2.34. The van der Waals surface area contributed by atoms with E-state index in [1.165, 1.54) is 0 Å². The van der Waals surface area contributed by atoms with Gasteiger partial charge in [0, 0.05) is 50.3 Å². The van der Waals surface area contributed by atoms with Gasteiger partial charge in [-0.05, 0) is 52.1 Å². The van der Waals surface area contributed by atoms with E-state index in [9.17, 15) is 15.0 Å². The van der Waals surface area contributed by atoms with E-state index >= 15 is 0 Å². The van der Waals surface area contributed by atoms with Gasteiger partial charge in [-0.2, -0.15) is 4.98 Å². The van der Waals surface area contributed by atoms with Gasteiger partial charge in [0.25, 0.3) is 0 Å². The summed E-state index contributed by atoms with van der Waals surface area (Å²) < 4.78 is 1.87. The van der Waals surface area contributed by atoms with Crippen molar-refractivity contribution in [1.82, 2.24) is 29.7 Å². The minimum atomic E-state index is -0.941. The van der Waals surface area contributed by atoms with Crippen LogP contribution in [0.3, 0.4) is 0 Å². The second kappa shape index (κ2) is 12.3. The lowest BCUT2D eigenvalue weighted by Gasteiger charge is -2.36. The SMILES string of the molecule is CNC.C[C@H](O)CN1CCN(c2ccc(Nc3ncc4cc(C(=O)O)n(C5CCCC5)c4n3)nc2)CC1. The highest BCUT2D eigenvalue weighted by molar-refractivity contribution is 5.93. The zero-order valence-electron chi connectivity index (χ0n) is 21.9. The summed E-state index contributed by atoms with van der Waals surface area (Å²) in [5.41, 5.74) is 1.97. The smallest absolute Gasteiger partial charge is 0.352 e. The number of hydrogen-bond donors (Lipinski definition) is 4.